The summed E-state index contributed by atoms with van der Waals surface area (Å²) < 4.78 is 5.04. The van der Waals surface area contributed by atoms with Gasteiger partial charge in [0.15, 0.2) is 0 Å². The van der Waals surface area contributed by atoms with Crippen LogP contribution < -0.4 is 5.48 Å². The second kappa shape index (κ2) is 7.24. The summed E-state index contributed by atoms with van der Waals surface area (Å²) in [7, 11) is 0. The van der Waals surface area contributed by atoms with Crippen LogP contribution in [0.5, 0.6) is 0 Å². The molecule has 0 aromatic rings. The van der Waals surface area contributed by atoms with Crippen molar-refractivity contribution in [2.24, 2.45) is 0 Å². The van der Waals surface area contributed by atoms with Gasteiger partial charge in [0.2, 0.25) is 5.91 Å². The van der Waals surface area contributed by atoms with Crippen LogP contribution in [0.3, 0.4) is 0 Å². The van der Waals surface area contributed by atoms with E-state index in [0.717, 1.165) is 0 Å². The van der Waals surface area contributed by atoms with E-state index in [-0.39, 0.29) is 12.8 Å². The Labute approximate surface area is 101 Å². The molecule has 0 fully saturated rings. The van der Waals surface area contributed by atoms with E-state index < -0.39 is 23.6 Å². The van der Waals surface area contributed by atoms with Crippen LogP contribution in [0, 0.1) is 0 Å². The predicted octanol–water partition coefficient (Wildman–Crippen LogP) is 0.755. The lowest BCUT2D eigenvalue weighted by molar-refractivity contribution is -0.157. The van der Waals surface area contributed by atoms with Gasteiger partial charge in [0.1, 0.15) is 5.60 Å². The molecule has 0 saturated carbocycles. The first-order valence-corrected chi connectivity index (χ1v) is 5.57. The Bertz CT molecular complexity index is 259. The summed E-state index contributed by atoms with van der Waals surface area (Å²) in [4.78, 5) is 22.0. The number of esters is 1. The summed E-state index contributed by atoms with van der Waals surface area (Å²) >= 11 is 0. The summed E-state index contributed by atoms with van der Waals surface area (Å²) in [6.07, 6.45) is -0.0838. The molecule has 3 N–H and O–H groups in total. The number of hydrogen-bond acceptors (Lipinski definition) is 5. The smallest absolute Gasteiger partial charge is 0.308 e. The second-order valence-electron chi connectivity index (χ2n) is 4.87. The molecule has 1 amide bonds. The number of carbonyl (C=O) groups excluding carboxylic acids is 2. The number of hydrogen-bond donors (Lipinski definition) is 3. The summed E-state index contributed by atoms with van der Waals surface area (Å²) in [5, 5.41) is 17.7. The first kappa shape index (κ1) is 15.9. The molecule has 0 aromatic carbocycles. The van der Waals surface area contributed by atoms with Crippen LogP contribution in [0.1, 0.15) is 46.5 Å². The molecule has 0 aliphatic rings. The fraction of sp³-hybridized carbons (Fsp3) is 0.818. The topological polar surface area (TPSA) is 95.9 Å². The van der Waals surface area contributed by atoms with E-state index in [1.165, 1.54) is 5.48 Å². The molecule has 0 saturated heterocycles. The summed E-state index contributed by atoms with van der Waals surface area (Å²) in [6.45, 7) is 5.26. The standard InChI is InChI=1S/C11H21NO5/c1-11(2,3)17-10(15)7-8(13)5-4-6-9(14)12-16/h8,13,16H,4-7H2,1-3H3,(H,12,14). The van der Waals surface area contributed by atoms with E-state index in [1.807, 2.05) is 0 Å². The molecule has 1 atom stereocenters. The first-order valence-electron chi connectivity index (χ1n) is 5.57. The Morgan fingerprint density at radius 2 is 1.94 bits per heavy atom. The van der Waals surface area contributed by atoms with Crippen LogP contribution in [0.2, 0.25) is 0 Å². The largest absolute Gasteiger partial charge is 0.460 e. The van der Waals surface area contributed by atoms with E-state index in [0.29, 0.717) is 12.8 Å². The van der Waals surface area contributed by atoms with E-state index in [4.69, 9.17) is 9.94 Å². The van der Waals surface area contributed by atoms with Crippen LogP contribution in [-0.2, 0) is 14.3 Å². The number of ether oxygens (including phenoxy) is 1. The Hall–Kier alpha value is -1.14. The quantitative estimate of drug-likeness (QED) is 0.366. The molecule has 0 aliphatic heterocycles. The fourth-order valence-corrected chi connectivity index (χ4v) is 1.23. The number of carbonyl (C=O) groups is 2. The lowest BCUT2D eigenvalue weighted by Gasteiger charge is -2.20. The van der Waals surface area contributed by atoms with Gasteiger partial charge in [0.25, 0.3) is 0 Å². The third kappa shape index (κ3) is 9.77. The highest BCUT2D eigenvalue weighted by atomic mass is 16.6. The van der Waals surface area contributed by atoms with Crippen LogP contribution >= 0.6 is 0 Å². The van der Waals surface area contributed by atoms with Crippen molar-refractivity contribution in [3.63, 3.8) is 0 Å². The molecular weight excluding hydrogens is 226 g/mol. The van der Waals surface area contributed by atoms with Crippen LogP contribution in [0.25, 0.3) is 0 Å². The monoisotopic (exact) mass is 247 g/mol. The van der Waals surface area contributed by atoms with Gasteiger partial charge in [-0.25, -0.2) is 5.48 Å². The minimum Gasteiger partial charge on any atom is -0.460 e. The normalized spacial score (nSPS) is 13.0. The Morgan fingerprint density at radius 1 is 1.35 bits per heavy atom. The van der Waals surface area contributed by atoms with Crippen molar-refractivity contribution in [3.8, 4) is 0 Å². The predicted molar refractivity (Wildman–Crippen MR) is 60.2 cm³/mol. The fourth-order valence-electron chi connectivity index (χ4n) is 1.23. The molecule has 0 aliphatic carbocycles. The lowest BCUT2D eigenvalue weighted by Crippen LogP contribution is -2.26. The van der Waals surface area contributed by atoms with Crippen LogP contribution in [0.4, 0.5) is 0 Å². The van der Waals surface area contributed by atoms with Gasteiger partial charge in [0.05, 0.1) is 12.5 Å². The molecule has 0 bridgehead atoms. The zero-order valence-corrected chi connectivity index (χ0v) is 10.5. The van der Waals surface area contributed by atoms with E-state index in [9.17, 15) is 14.7 Å². The average Bonchev–Trinajstić information content (AvgIpc) is 2.13. The zero-order chi connectivity index (χ0) is 13.5. The van der Waals surface area contributed by atoms with Crippen molar-refractivity contribution in [3.05, 3.63) is 0 Å². The maximum atomic E-state index is 11.3. The third-order valence-electron chi connectivity index (χ3n) is 1.89. The van der Waals surface area contributed by atoms with Crippen LogP contribution in [-0.4, -0.2) is 33.9 Å². The van der Waals surface area contributed by atoms with Crippen molar-refractivity contribution in [1.82, 2.24) is 5.48 Å². The highest BCUT2D eigenvalue weighted by molar-refractivity contribution is 5.74. The van der Waals surface area contributed by atoms with E-state index in [1.54, 1.807) is 20.8 Å². The van der Waals surface area contributed by atoms with Crippen molar-refractivity contribution in [2.75, 3.05) is 0 Å². The Balaban J connectivity index is 3.75. The second-order valence-corrected chi connectivity index (χ2v) is 4.87. The zero-order valence-electron chi connectivity index (χ0n) is 10.5. The molecule has 0 heterocycles. The van der Waals surface area contributed by atoms with Crippen LogP contribution in [0.15, 0.2) is 0 Å². The summed E-state index contributed by atoms with van der Waals surface area (Å²) in [5.74, 6) is -0.967. The Kier molecular flexibility index (Phi) is 6.75. The molecule has 100 valence electrons. The Morgan fingerprint density at radius 3 is 2.41 bits per heavy atom. The van der Waals surface area contributed by atoms with E-state index in [2.05, 4.69) is 0 Å². The van der Waals surface area contributed by atoms with Gasteiger partial charge in [-0.05, 0) is 33.6 Å². The first-order chi connectivity index (χ1) is 7.74. The average molecular weight is 247 g/mol. The number of aliphatic hydroxyl groups is 1. The maximum Gasteiger partial charge on any atom is 0.308 e. The highest BCUT2D eigenvalue weighted by Gasteiger charge is 2.19. The molecule has 0 spiro atoms. The SMILES string of the molecule is CC(C)(C)OC(=O)CC(O)CCCC(=O)NO. The summed E-state index contributed by atoms with van der Waals surface area (Å²) in [6, 6.07) is 0. The van der Waals surface area contributed by atoms with Gasteiger partial charge in [-0.2, -0.15) is 0 Å². The molecule has 0 rings (SSSR count). The number of amides is 1. The van der Waals surface area contributed by atoms with Crippen molar-refractivity contribution >= 4 is 11.9 Å². The maximum absolute atomic E-state index is 11.3. The number of nitrogens with one attached hydrogen (secondary N) is 1. The van der Waals surface area contributed by atoms with Crippen molar-refractivity contribution in [1.29, 1.82) is 0 Å². The minimum atomic E-state index is -0.823. The molecule has 0 aromatic heterocycles. The number of aliphatic hydroxyl groups excluding tert-OH is 1. The molecule has 6 nitrogen and oxygen atoms in total. The molecular formula is C11H21NO5. The van der Waals surface area contributed by atoms with Crippen molar-refractivity contribution < 1.29 is 24.6 Å². The van der Waals surface area contributed by atoms with Crippen molar-refractivity contribution in [2.45, 2.75) is 58.2 Å². The van der Waals surface area contributed by atoms with Gasteiger partial charge in [-0.3, -0.25) is 14.8 Å². The molecule has 1 unspecified atom stereocenters. The third-order valence-corrected chi connectivity index (χ3v) is 1.89. The molecule has 17 heavy (non-hydrogen) atoms. The molecule has 0 radical (unpaired) electrons. The minimum absolute atomic E-state index is 0.0853. The van der Waals surface area contributed by atoms with Gasteiger partial charge in [0, 0.05) is 6.42 Å². The highest BCUT2D eigenvalue weighted by Crippen LogP contribution is 2.11. The molecule has 6 heteroatoms. The lowest BCUT2D eigenvalue weighted by atomic mass is 10.1. The van der Waals surface area contributed by atoms with Gasteiger partial charge < -0.3 is 9.84 Å². The van der Waals surface area contributed by atoms with Gasteiger partial charge in [-0.1, -0.05) is 0 Å². The van der Waals surface area contributed by atoms with Gasteiger partial charge in [-0.15, -0.1) is 0 Å². The van der Waals surface area contributed by atoms with E-state index >= 15 is 0 Å². The number of hydroxylamine groups is 1. The summed E-state index contributed by atoms with van der Waals surface area (Å²) in [5.41, 5.74) is 0.936. The number of rotatable bonds is 6. The van der Waals surface area contributed by atoms with Gasteiger partial charge >= 0.3 is 5.97 Å².